The number of para-hydroxylation sites is 1. The summed E-state index contributed by atoms with van der Waals surface area (Å²) in [5, 5.41) is 0.611. The Morgan fingerprint density at radius 1 is 1.35 bits per heavy atom. The lowest BCUT2D eigenvalue weighted by Crippen LogP contribution is -2.63. The predicted molar refractivity (Wildman–Crippen MR) is 89.6 cm³/mol. The number of hydrogen-bond acceptors (Lipinski definition) is 3. The molecule has 1 aromatic rings. The van der Waals surface area contributed by atoms with Gasteiger partial charge in [-0.05, 0) is 42.6 Å². The Hall–Kier alpha value is -0.670. The van der Waals surface area contributed by atoms with Gasteiger partial charge in [-0.25, -0.2) is 0 Å². The zero-order valence-corrected chi connectivity index (χ0v) is 13.5. The molecule has 1 saturated heterocycles. The fraction of sp³-hybridized carbons (Fsp3) is 0.647. The van der Waals surface area contributed by atoms with E-state index in [-0.39, 0.29) is 5.54 Å². The Labute approximate surface area is 127 Å². The molecule has 2 aliphatic rings. The molecule has 1 fully saturated rings. The van der Waals surface area contributed by atoms with Crippen LogP contribution in [-0.2, 0) is 6.42 Å². The summed E-state index contributed by atoms with van der Waals surface area (Å²) in [5.74, 6) is 2.00. The number of nitrogens with zero attached hydrogens (tertiary/aromatic N) is 1. The molecule has 3 unspecified atom stereocenters. The molecular weight excluding hydrogens is 264 g/mol. The molecule has 1 aromatic carbocycles. The maximum Gasteiger partial charge on any atom is 0.0640 e. The van der Waals surface area contributed by atoms with Crippen molar-refractivity contribution in [3.8, 4) is 0 Å². The first-order valence-corrected chi connectivity index (χ1v) is 8.89. The van der Waals surface area contributed by atoms with E-state index in [1.165, 1.54) is 36.3 Å². The fourth-order valence-corrected chi connectivity index (χ4v) is 5.26. The van der Waals surface area contributed by atoms with Crippen molar-refractivity contribution < 1.29 is 0 Å². The lowest BCUT2D eigenvalue weighted by molar-refractivity contribution is 0.325. The van der Waals surface area contributed by atoms with Crippen molar-refractivity contribution in [1.82, 2.24) is 0 Å². The zero-order valence-electron chi connectivity index (χ0n) is 12.6. The van der Waals surface area contributed by atoms with E-state index >= 15 is 0 Å². The summed E-state index contributed by atoms with van der Waals surface area (Å²) in [6.45, 7) is 6.66. The molecule has 0 saturated carbocycles. The van der Waals surface area contributed by atoms with Crippen LogP contribution in [0.3, 0.4) is 0 Å². The molecule has 0 amide bonds. The molecule has 0 spiro atoms. The first kappa shape index (κ1) is 14.3. The van der Waals surface area contributed by atoms with Crippen LogP contribution in [0, 0.1) is 5.92 Å². The third-order valence-corrected chi connectivity index (χ3v) is 6.58. The van der Waals surface area contributed by atoms with Crippen LogP contribution in [0.2, 0.25) is 0 Å². The average molecular weight is 290 g/mol. The van der Waals surface area contributed by atoms with Crippen LogP contribution in [0.1, 0.15) is 32.3 Å². The third kappa shape index (κ3) is 2.25. The smallest absolute Gasteiger partial charge is 0.0640 e. The van der Waals surface area contributed by atoms with Gasteiger partial charge >= 0.3 is 0 Å². The summed E-state index contributed by atoms with van der Waals surface area (Å²) in [4.78, 5) is 2.66. The molecule has 2 heterocycles. The van der Waals surface area contributed by atoms with Gasteiger partial charge in [0.15, 0.2) is 0 Å². The van der Waals surface area contributed by atoms with E-state index in [0.717, 1.165) is 13.1 Å². The van der Waals surface area contributed by atoms with Gasteiger partial charge < -0.3 is 10.6 Å². The second-order valence-corrected chi connectivity index (χ2v) is 7.92. The lowest BCUT2D eigenvalue weighted by Gasteiger charge is -2.53. The summed E-state index contributed by atoms with van der Waals surface area (Å²) in [7, 11) is 0. The molecule has 0 radical (unpaired) electrons. The van der Waals surface area contributed by atoms with Gasteiger partial charge in [0.1, 0.15) is 0 Å². The maximum atomic E-state index is 6.31. The molecule has 2 aliphatic heterocycles. The number of hydrogen-bond donors (Lipinski definition) is 1. The van der Waals surface area contributed by atoms with Crippen molar-refractivity contribution in [3.05, 3.63) is 29.8 Å². The number of fused-ring (bicyclic) bond motifs is 1. The van der Waals surface area contributed by atoms with E-state index in [2.05, 4.69) is 54.8 Å². The summed E-state index contributed by atoms with van der Waals surface area (Å²) in [5.41, 5.74) is 9.39. The SMILES string of the molecule is CC1Cc2ccccc2N(C2(CN)CCCSC2C)C1. The molecule has 20 heavy (non-hydrogen) atoms. The monoisotopic (exact) mass is 290 g/mol. The minimum absolute atomic E-state index is 0.147. The molecule has 0 aliphatic carbocycles. The predicted octanol–water partition coefficient (Wildman–Crippen LogP) is 3.30. The van der Waals surface area contributed by atoms with Crippen molar-refractivity contribution in [2.24, 2.45) is 11.7 Å². The minimum atomic E-state index is 0.147. The maximum absolute atomic E-state index is 6.31. The Balaban J connectivity index is 2.03. The van der Waals surface area contributed by atoms with Gasteiger partial charge in [-0.3, -0.25) is 0 Å². The first-order chi connectivity index (χ1) is 9.67. The Morgan fingerprint density at radius 3 is 2.90 bits per heavy atom. The zero-order chi connectivity index (χ0) is 14.2. The number of rotatable bonds is 2. The minimum Gasteiger partial charge on any atom is -0.363 e. The third-order valence-electron chi connectivity index (χ3n) is 5.11. The second kappa shape index (κ2) is 5.61. The Morgan fingerprint density at radius 2 is 2.15 bits per heavy atom. The van der Waals surface area contributed by atoms with E-state index in [1.54, 1.807) is 0 Å². The molecule has 3 heteroatoms. The molecule has 2 N–H and O–H groups in total. The fourth-order valence-electron chi connectivity index (χ4n) is 3.95. The molecule has 3 atom stereocenters. The number of anilines is 1. The number of benzene rings is 1. The van der Waals surface area contributed by atoms with Crippen molar-refractivity contribution in [2.45, 2.75) is 43.9 Å². The highest BCUT2D eigenvalue weighted by molar-refractivity contribution is 8.00. The standard InChI is InChI=1S/C17H26N2S/c1-13-10-15-6-3-4-7-16(15)19(11-13)17(12-18)8-5-9-20-14(17)2/h3-4,6-7,13-14H,5,8-12,18H2,1-2H3. The molecule has 3 rings (SSSR count). The normalized spacial score (nSPS) is 33.9. The average Bonchev–Trinajstić information content (AvgIpc) is 2.47. The number of nitrogens with two attached hydrogens (primary N) is 1. The van der Waals surface area contributed by atoms with Gasteiger partial charge in [-0.15, -0.1) is 0 Å². The first-order valence-electron chi connectivity index (χ1n) is 7.84. The highest BCUT2D eigenvalue weighted by Gasteiger charge is 2.44. The Kier molecular flexibility index (Phi) is 4.00. The lowest BCUT2D eigenvalue weighted by atomic mass is 9.82. The van der Waals surface area contributed by atoms with E-state index < -0.39 is 0 Å². The van der Waals surface area contributed by atoms with Gasteiger partial charge in [-0.2, -0.15) is 11.8 Å². The van der Waals surface area contributed by atoms with Crippen molar-refractivity contribution in [1.29, 1.82) is 0 Å². The van der Waals surface area contributed by atoms with Crippen molar-refractivity contribution >= 4 is 17.4 Å². The largest absolute Gasteiger partial charge is 0.363 e. The summed E-state index contributed by atoms with van der Waals surface area (Å²) >= 11 is 2.10. The van der Waals surface area contributed by atoms with Gasteiger partial charge in [0.05, 0.1) is 5.54 Å². The highest BCUT2D eigenvalue weighted by Crippen LogP contribution is 2.43. The molecule has 110 valence electrons. The van der Waals surface area contributed by atoms with Crippen LogP contribution in [0.15, 0.2) is 24.3 Å². The van der Waals surface area contributed by atoms with Gasteiger partial charge in [-0.1, -0.05) is 32.0 Å². The van der Waals surface area contributed by atoms with Crippen LogP contribution in [-0.4, -0.2) is 29.6 Å². The quantitative estimate of drug-likeness (QED) is 0.906. The molecule has 0 aromatic heterocycles. The van der Waals surface area contributed by atoms with E-state index in [1.807, 2.05) is 0 Å². The Bertz CT molecular complexity index is 476. The van der Waals surface area contributed by atoms with Crippen LogP contribution in [0.4, 0.5) is 5.69 Å². The van der Waals surface area contributed by atoms with E-state index in [0.29, 0.717) is 11.2 Å². The van der Waals surface area contributed by atoms with E-state index in [9.17, 15) is 0 Å². The van der Waals surface area contributed by atoms with Crippen LogP contribution in [0.5, 0.6) is 0 Å². The molecule has 2 nitrogen and oxygen atoms in total. The summed E-state index contributed by atoms with van der Waals surface area (Å²) < 4.78 is 0. The molecule has 0 bridgehead atoms. The van der Waals surface area contributed by atoms with Crippen molar-refractivity contribution in [2.75, 3.05) is 23.7 Å². The summed E-state index contributed by atoms with van der Waals surface area (Å²) in [6, 6.07) is 8.93. The second-order valence-electron chi connectivity index (χ2n) is 6.47. The van der Waals surface area contributed by atoms with Crippen molar-refractivity contribution in [3.63, 3.8) is 0 Å². The van der Waals surface area contributed by atoms with Gasteiger partial charge in [0.25, 0.3) is 0 Å². The summed E-state index contributed by atoms with van der Waals surface area (Å²) in [6.07, 6.45) is 3.73. The molecular formula is C17H26N2S. The van der Waals surface area contributed by atoms with Crippen LogP contribution >= 0.6 is 11.8 Å². The topological polar surface area (TPSA) is 29.3 Å². The van der Waals surface area contributed by atoms with Gasteiger partial charge in [0.2, 0.25) is 0 Å². The van der Waals surface area contributed by atoms with E-state index in [4.69, 9.17) is 5.73 Å². The van der Waals surface area contributed by atoms with Gasteiger partial charge in [0, 0.05) is 24.0 Å². The number of thioether (sulfide) groups is 1. The van der Waals surface area contributed by atoms with Crippen LogP contribution < -0.4 is 10.6 Å². The van der Waals surface area contributed by atoms with Crippen LogP contribution in [0.25, 0.3) is 0 Å². The highest BCUT2D eigenvalue weighted by atomic mass is 32.2.